The Labute approximate surface area is 121 Å². The van der Waals surface area contributed by atoms with E-state index < -0.39 is 10.0 Å². The number of nitrogens with zero attached hydrogens (tertiary/aromatic N) is 1. The van der Waals surface area contributed by atoms with Crippen LogP contribution in [0, 0.1) is 5.92 Å². The van der Waals surface area contributed by atoms with Crippen molar-refractivity contribution in [3.05, 3.63) is 28.2 Å². The van der Waals surface area contributed by atoms with Gasteiger partial charge in [0.05, 0.1) is 4.90 Å². The van der Waals surface area contributed by atoms with Crippen molar-refractivity contribution in [1.29, 1.82) is 0 Å². The summed E-state index contributed by atoms with van der Waals surface area (Å²) in [5.41, 5.74) is 0.804. The molecule has 1 saturated carbocycles. The monoisotopic (exact) mass is 351 g/mol. The first-order valence-electron chi connectivity index (χ1n) is 5.76. The van der Waals surface area contributed by atoms with Crippen LogP contribution in [0.1, 0.15) is 18.4 Å². The maximum Gasteiger partial charge on any atom is 0.243 e. The van der Waals surface area contributed by atoms with E-state index in [2.05, 4.69) is 15.9 Å². The van der Waals surface area contributed by atoms with E-state index in [1.165, 1.54) is 4.31 Å². The van der Waals surface area contributed by atoms with Crippen molar-refractivity contribution >= 4 is 37.6 Å². The van der Waals surface area contributed by atoms with Gasteiger partial charge in [0.1, 0.15) is 0 Å². The molecular weight excluding hydrogens is 338 g/mol. The van der Waals surface area contributed by atoms with Crippen molar-refractivity contribution in [2.45, 2.75) is 23.6 Å². The number of hydrogen-bond donors (Lipinski definition) is 0. The molecule has 0 aromatic heterocycles. The highest BCUT2D eigenvalue weighted by atomic mass is 79.9. The van der Waals surface area contributed by atoms with Crippen molar-refractivity contribution in [2.75, 3.05) is 13.6 Å². The summed E-state index contributed by atoms with van der Waals surface area (Å²) in [4.78, 5) is 0.295. The van der Waals surface area contributed by atoms with Crippen LogP contribution in [-0.2, 0) is 15.9 Å². The Hall–Kier alpha value is -0.100. The summed E-state index contributed by atoms with van der Waals surface area (Å²) in [7, 11) is -1.80. The molecule has 0 unspecified atom stereocenters. The van der Waals surface area contributed by atoms with Crippen LogP contribution >= 0.6 is 27.5 Å². The average Bonchev–Trinajstić information content (AvgIpc) is 3.13. The molecule has 0 heterocycles. The maximum atomic E-state index is 12.4. The van der Waals surface area contributed by atoms with Gasteiger partial charge >= 0.3 is 0 Å². The van der Waals surface area contributed by atoms with Crippen LogP contribution in [0.4, 0.5) is 0 Å². The van der Waals surface area contributed by atoms with E-state index in [0.717, 1.165) is 18.4 Å². The summed E-state index contributed by atoms with van der Waals surface area (Å²) in [6.07, 6.45) is 2.26. The van der Waals surface area contributed by atoms with E-state index in [9.17, 15) is 8.42 Å². The first kappa shape index (κ1) is 14.3. The molecule has 0 radical (unpaired) electrons. The highest BCUT2D eigenvalue weighted by Gasteiger charge is 2.30. The lowest BCUT2D eigenvalue weighted by Gasteiger charge is -2.18. The minimum absolute atomic E-state index is 0.295. The van der Waals surface area contributed by atoms with Crippen molar-refractivity contribution in [1.82, 2.24) is 4.31 Å². The second-order valence-electron chi connectivity index (χ2n) is 4.63. The van der Waals surface area contributed by atoms with E-state index >= 15 is 0 Å². The quantitative estimate of drug-likeness (QED) is 0.763. The predicted molar refractivity (Wildman–Crippen MR) is 76.2 cm³/mol. The molecule has 1 aromatic carbocycles. The summed E-state index contributed by atoms with van der Waals surface area (Å²) in [6.45, 7) is 0.597. The van der Waals surface area contributed by atoms with Crippen LogP contribution in [0.3, 0.4) is 0 Å². The van der Waals surface area contributed by atoms with Crippen molar-refractivity contribution in [3.8, 4) is 0 Å². The lowest BCUT2D eigenvalue weighted by molar-refractivity contribution is 0.452. The van der Waals surface area contributed by atoms with Gasteiger partial charge in [0, 0.05) is 23.9 Å². The van der Waals surface area contributed by atoms with Gasteiger partial charge in [-0.15, -0.1) is 11.6 Å². The molecule has 0 spiro atoms. The Morgan fingerprint density at radius 3 is 2.67 bits per heavy atom. The molecular formula is C12H15BrClNO2S. The molecule has 100 valence electrons. The van der Waals surface area contributed by atoms with E-state index in [-0.39, 0.29) is 0 Å². The zero-order valence-electron chi connectivity index (χ0n) is 10.1. The Morgan fingerprint density at radius 1 is 1.44 bits per heavy atom. The fraction of sp³-hybridized carbons (Fsp3) is 0.500. The SMILES string of the molecule is CN(CC1CC1)S(=O)(=O)c1cc(CCl)ccc1Br. The van der Waals surface area contributed by atoms with Gasteiger partial charge in [-0.2, -0.15) is 0 Å². The lowest BCUT2D eigenvalue weighted by atomic mass is 10.2. The second-order valence-corrected chi connectivity index (χ2v) is 7.76. The van der Waals surface area contributed by atoms with Gasteiger partial charge < -0.3 is 0 Å². The molecule has 2 rings (SSSR count). The standard InChI is InChI=1S/C12H15BrClNO2S/c1-15(8-9-2-3-9)18(16,17)12-6-10(7-14)4-5-11(12)13/h4-6,9H,2-3,7-8H2,1H3. The number of sulfonamides is 1. The molecule has 1 fully saturated rings. The fourth-order valence-electron chi connectivity index (χ4n) is 1.76. The van der Waals surface area contributed by atoms with Crippen molar-refractivity contribution in [2.24, 2.45) is 5.92 Å². The first-order valence-corrected chi connectivity index (χ1v) is 8.52. The number of halogens is 2. The number of rotatable bonds is 5. The molecule has 18 heavy (non-hydrogen) atoms. The molecule has 0 aliphatic heterocycles. The van der Waals surface area contributed by atoms with Crippen LogP contribution in [0.2, 0.25) is 0 Å². The Kier molecular flexibility index (Phi) is 4.36. The van der Waals surface area contributed by atoms with E-state index in [1.54, 1.807) is 19.2 Å². The highest BCUT2D eigenvalue weighted by Crippen LogP contribution is 2.32. The topological polar surface area (TPSA) is 37.4 Å². The van der Waals surface area contributed by atoms with Crippen LogP contribution in [0.15, 0.2) is 27.6 Å². The van der Waals surface area contributed by atoms with E-state index in [1.807, 2.05) is 6.07 Å². The summed E-state index contributed by atoms with van der Waals surface area (Å²) in [5.74, 6) is 0.835. The molecule has 0 bridgehead atoms. The third-order valence-electron chi connectivity index (χ3n) is 3.05. The molecule has 1 aromatic rings. The molecule has 1 aliphatic carbocycles. The number of benzene rings is 1. The van der Waals surface area contributed by atoms with Gasteiger partial charge in [0.2, 0.25) is 10.0 Å². The number of alkyl halides is 1. The highest BCUT2D eigenvalue weighted by molar-refractivity contribution is 9.10. The number of hydrogen-bond acceptors (Lipinski definition) is 2. The third-order valence-corrected chi connectivity index (χ3v) is 6.18. The van der Waals surface area contributed by atoms with Gasteiger partial charge in [0.25, 0.3) is 0 Å². The van der Waals surface area contributed by atoms with E-state index in [4.69, 9.17) is 11.6 Å². The molecule has 0 saturated heterocycles. The molecule has 0 atom stereocenters. The molecule has 0 N–H and O–H groups in total. The summed E-state index contributed by atoms with van der Waals surface area (Å²) in [6, 6.07) is 5.18. The zero-order valence-corrected chi connectivity index (χ0v) is 13.2. The molecule has 6 heteroatoms. The van der Waals surface area contributed by atoms with Crippen LogP contribution in [-0.4, -0.2) is 26.3 Å². The van der Waals surface area contributed by atoms with Gasteiger partial charge in [-0.1, -0.05) is 6.07 Å². The maximum absolute atomic E-state index is 12.4. The Balaban J connectivity index is 2.32. The summed E-state index contributed by atoms with van der Waals surface area (Å²) >= 11 is 9.05. The summed E-state index contributed by atoms with van der Waals surface area (Å²) < 4.78 is 26.9. The molecule has 3 nitrogen and oxygen atoms in total. The largest absolute Gasteiger partial charge is 0.243 e. The third kappa shape index (κ3) is 3.07. The normalized spacial score (nSPS) is 16.2. The van der Waals surface area contributed by atoms with Crippen LogP contribution < -0.4 is 0 Å². The second kappa shape index (κ2) is 5.49. The minimum atomic E-state index is -3.43. The fourth-order valence-corrected chi connectivity index (χ4v) is 4.14. The van der Waals surface area contributed by atoms with Crippen LogP contribution in [0.25, 0.3) is 0 Å². The van der Waals surface area contributed by atoms with Crippen molar-refractivity contribution in [3.63, 3.8) is 0 Å². The predicted octanol–water partition coefficient (Wildman–Crippen LogP) is 3.22. The lowest BCUT2D eigenvalue weighted by Crippen LogP contribution is -2.29. The Bertz CT molecular complexity index is 543. The molecule has 0 amide bonds. The minimum Gasteiger partial charge on any atom is -0.207 e. The van der Waals surface area contributed by atoms with E-state index in [0.29, 0.717) is 27.7 Å². The first-order chi connectivity index (χ1) is 8.45. The zero-order chi connectivity index (χ0) is 13.3. The summed E-state index contributed by atoms with van der Waals surface area (Å²) in [5, 5.41) is 0. The van der Waals surface area contributed by atoms with Crippen LogP contribution in [0.5, 0.6) is 0 Å². The van der Waals surface area contributed by atoms with Gasteiger partial charge in [-0.3, -0.25) is 0 Å². The van der Waals surface area contributed by atoms with Gasteiger partial charge in [-0.25, -0.2) is 12.7 Å². The van der Waals surface area contributed by atoms with Gasteiger partial charge in [0.15, 0.2) is 0 Å². The average molecular weight is 353 g/mol. The smallest absolute Gasteiger partial charge is 0.207 e. The van der Waals surface area contributed by atoms with Gasteiger partial charge in [-0.05, 0) is 52.4 Å². The molecule has 1 aliphatic rings. The Morgan fingerprint density at radius 2 is 2.11 bits per heavy atom. The van der Waals surface area contributed by atoms with Crippen molar-refractivity contribution < 1.29 is 8.42 Å².